The Morgan fingerprint density at radius 1 is 1.09 bits per heavy atom. The molecule has 8 heteroatoms. The van der Waals surface area contributed by atoms with E-state index >= 15 is 0 Å². The average molecular weight is 494 g/mol. The van der Waals surface area contributed by atoms with E-state index in [0.29, 0.717) is 30.7 Å². The number of unbranched alkanes of at least 4 members (excludes halogenated alkanes) is 2. The van der Waals surface area contributed by atoms with Crippen molar-refractivity contribution in [1.29, 1.82) is 0 Å². The molecule has 2 atom stereocenters. The lowest BCUT2D eigenvalue weighted by atomic mass is 9.83. The highest BCUT2D eigenvalue weighted by atomic mass is 31.2. The minimum absolute atomic E-state index is 0.0731. The Labute approximate surface area is 200 Å². The quantitative estimate of drug-likeness (QED) is 0.128. The molecule has 3 rings (SSSR count). The summed E-state index contributed by atoms with van der Waals surface area (Å²) in [5.74, 6) is -1.43. The Bertz CT molecular complexity index is 1010. The third kappa shape index (κ3) is 7.74. The number of hydrogen-bond donors (Lipinski definition) is 3. The highest BCUT2D eigenvalue weighted by Crippen LogP contribution is 2.35. The zero-order valence-electron chi connectivity index (χ0n) is 19.4. The van der Waals surface area contributed by atoms with Gasteiger partial charge in [-0.25, -0.2) is 4.39 Å². The van der Waals surface area contributed by atoms with Crippen LogP contribution < -0.4 is 9.99 Å². The van der Waals surface area contributed by atoms with Crippen LogP contribution in [0.4, 0.5) is 8.78 Å². The summed E-state index contributed by atoms with van der Waals surface area (Å²) in [6, 6.07) is 10.6. The van der Waals surface area contributed by atoms with Crippen molar-refractivity contribution in [2.75, 3.05) is 12.8 Å². The summed E-state index contributed by atoms with van der Waals surface area (Å²) in [4.78, 5) is 9.22. The van der Waals surface area contributed by atoms with Crippen molar-refractivity contribution in [1.82, 2.24) is 5.25 Å². The lowest BCUT2D eigenvalue weighted by molar-refractivity contribution is 0.222. The fourth-order valence-electron chi connectivity index (χ4n) is 4.42. The summed E-state index contributed by atoms with van der Waals surface area (Å²) in [6.07, 6.45) is 8.20. The molecule has 0 radical (unpaired) electrons. The molecule has 3 N–H and O–H groups in total. The number of nitrogens with one attached hydrogen (secondary N) is 1. The largest absolute Gasteiger partial charge is 0.490 e. The highest BCUT2D eigenvalue weighted by molar-refractivity contribution is 7.55. The van der Waals surface area contributed by atoms with Gasteiger partial charge in [0.2, 0.25) is 5.82 Å². The Morgan fingerprint density at radius 2 is 1.85 bits per heavy atom. The van der Waals surface area contributed by atoms with Crippen LogP contribution in [0.5, 0.6) is 5.75 Å². The molecule has 2 aromatic carbocycles. The molecule has 0 aliphatic heterocycles. The maximum Gasteiger partial charge on any atom is 0.289 e. The summed E-state index contributed by atoms with van der Waals surface area (Å²) in [5.41, 5.74) is 3.34. The van der Waals surface area contributed by atoms with E-state index in [1.165, 1.54) is 41.4 Å². The van der Waals surface area contributed by atoms with Crippen molar-refractivity contribution in [2.24, 2.45) is 5.92 Å². The van der Waals surface area contributed by atoms with Crippen LogP contribution in [0.3, 0.4) is 0 Å². The van der Waals surface area contributed by atoms with E-state index < -0.39 is 19.2 Å². The number of ether oxygens (including phenoxy) is 1. The van der Waals surface area contributed by atoms with Crippen molar-refractivity contribution in [2.45, 2.75) is 57.8 Å². The standard InChI is InChI=1S/C26H34F2NO4P/c1-19-6-5-7-21(18-19)9-8-20-10-12-22(13-11-20)23-14-15-24(26(28)25(23)27)33-16-3-2-4-17-34(31,32)29-30/h10-15,21,30H,1-9,16-18H2,(H2,29,31,32). The van der Waals surface area contributed by atoms with Crippen LogP contribution in [0.25, 0.3) is 11.1 Å². The second kappa shape index (κ2) is 12.6. The van der Waals surface area contributed by atoms with Crippen molar-refractivity contribution in [3.63, 3.8) is 0 Å². The van der Waals surface area contributed by atoms with Crippen molar-refractivity contribution in [3.8, 4) is 16.9 Å². The third-order valence-electron chi connectivity index (χ3n) is 6.39. The SMILES string of the molecule is C=C1CCCC(CCc2ccc(-c3ccc(OCCCCCP(=O)(O)NO)c(F)c3F)cc2)C1. The van der Waals surface area contributed by atoms with Crippen LogP contribution in [0, 0.1) is 17.6 Å². The minimum Gasteiger partial charge on any atom is -0.490 e. The van der Waals surface area contributed by atoms with E-state index in [0.717, 1.165) is 25.7 Å². The molecule has 2 unspecified atom stereocenters. The van der Waals surface area contributed by atoms with E-state index in [-0.39, 0.29) is 24.1 Å². The molecule has 1 fully saturated rings. The van der Waals surface area contributed by atoms with Gasteiger partial charge in [-0.1, -0.05) is 36.4 Å². The lowest BCUT2D eigenvalue weighted by Gasteiger charge is -2.23. The predicted octanol–water partition coefficient (Wildman–Crippen LogP) is 7.02. The number of allylic oxidation sites excluding steroid dienone is 1. The fourth-order valence-corrected chi connectivity index (χ4v) is 5.18. The van der Waals surface area contributed by atoms with Crippen molar-refractivity contribution in [3.05, 3.63) is 65.7 Å². The van der Waals surface area contributed by atoms with Gasteiger partial charge in [-0.2, -0.15) is 4.39 Å². The summed E-state index contributed by atoms with van der Waals surface area (Å²) < 4.78 is 45.9. The first-order valence-electron chi connectivity index (χ1n) is 11.9. The lowest BCUT2D eigenvalue weighted by Crippen LogP contribution is -2.09. The smallest absolute Gasteiger partial charge is 0.289 e. The molecule has 2 aromatic rings. The molecule has 1 aliphatic carbocycles. The van der Waals surface area contributed by atoms with E-state index in [1.54, 1.807) is 0 Å². The first kappa shape index (κ1) is 26.6. The first-order chi connectivity index (χ1) is 16.3. The van der Waals surface area contributed by atoms with Gasteiger partial charge in [0, 0.05) is 11.7 Å². The molecular formula is C26H34F2NO4P. The van der Waals surface area contributed by atoms with Crippen LogP contribution in [0.15, 0.2) is 48.6 Å². The van der Waals surface area contributed by atoms with Gasteiger partial charge in [-0.05, 0) is 87.0 Å². The van der Waals surface area contributed by atoms with Gasteiger partial charge in [0.05, 0.1) is 6.61 Å². The number of rotatable bonds is 12. The van der Waals surface area contributed by atoms with E-state index in [1.807, 2.05) is 24.3 Å². The maximum absolute atomic E-state index is 14.7. The van der Waals surface area contributed by atoms with Gasteiger partial charge in [0.25, 0.3) is 7.52 Å². The summed E-state index contributed by atoms with van der Waals surface area (Å²) >= 11 is 0. The molecule has 0 saturated heterocycles. The topological polar surface area (TPSA) is 78.8 Å². The Morgan fingerprint density at radius 3 is 2.56 bits per heavy atom. The summed E-state index contributed by atoms with van der Waals surface area (Å²) in [5, 5.41) is 9.93. The highest BCUT2D eigenvalue weighted by Gasteiger charge is 2.18. The molecule has 0 aromatic heterocycles. The van der Waals surface area contributed by atoms with E-state index in [4.69, 9.17) is 9.94 Å². The number of aryl methyl sites for hydroxylation is 1. The Kier molecular flexibility index (Phi) is 9.84. The molecular weight excluding hydrogens is 459 g/mol. The molecule has 186 valence electrons. The first-order valence-corrected chi connectivity index (χ1v) is 13.7. The third-order valence-corrected chi connectivity index (χ3v) is 7.63. The predicted molar refractivity (Wildman–Crippen MR) is 130 cm³/mol. The second-order valence-electron chi connectivity index (χ2n) is 9.12. The number of benzene rings is 2. The van der Waals surface area contributed by atoms with E-state index in [2.05, 4.69) is 6.58 Å². The average Bonchev–Trinajstić information content (AvgIpc) is 2.83. The maximum atomic E-state index is 14.7. The van der Waals surface area contributed by atoms with Crippen LogP contribution in [0.2, 0.25) is 0 Å². The molecule has 0 amide bonds. The van der Waals surface area contributed by atoms with Crippen LogP contribution >= 0.6 is 7.52 Å². The molecule has 34 heavy (non-hydrogen) atoms. The van der Waals surface area contributed by atoms with Gasteiger partial charge in [0.15, 0.2) is 11.6 Å². The van der Waals surface area contributed by atoms with Crippen LogP contribution in [0.1, 0.15) is 56.9 Å². The molecule has 0 heterocycles. The molecule has 5 nitrogen and oxygen atoms in total. The van der Waals surface area contributed by atoms with Gasteiger partial charge in [0.1, 0.15) is 0 Å². The zero-order chi connectivity index (χ0) is 24.6. The number of hydrogen-bond acceptors (Lipinski definition) is 3. The summed E-state index contributed by atoms with van der Waals surface area (Å²) in [7, 11) is -3.69. The number of halogens is 2. The van der Waals surface area contributed by atoms with Gasteiger partial charge < -0.3 is 14.8 Å². The molecule has 0 spiro atoms. The fraction of sp³-hybridized carbons (Fsp3) is 0.462. The van der Waals surface area contributed by atoms with Crippen molar-refractivity contribution >= 4 is 7.52 Å². The Hall–Kier alpha value is -2.05. The van der Waals surface area contributed by atoms with Gasteiger partial charge in [-0.15, -0.1) is 5.25 Å². The van der Waals surface area contributed by atoms with Crippen LogP contribution in [-0.2, 0) is 11.0 Å². The van der Waals surface area contributed by atoms with Gasteiger partial charge in [-0.3, -0.25) is 4.57 Å². The molecule has 0 bridgehead atoms. The minimum atomic E-state index is -3.69. The monoisotopic (exact) mass is 493 g/mol. The van der Waals surface area contributed by atoms with Crippen molar-refractivity contribution < 1.29 is 28.2 Å². The summed E-state index contributed by atoms with van der Waals surface area (Å²) in [6.45, 7) is 4.28. The normalized spacial score (nSPS) is 18.0. The second-order valence-corrected chi connectivity index (χ2v) is 11.2. The molecule has 1 saturated carbocycles. The van der Waals surface area contributed by atoms with Gasteiger partial charge >= 0.3 is 0 Å². The molecule has 1 aliphatic rings. The van der Waals surface area contributed by atoms with E-state index in [9.17, 15) is 18.2 Å². The van der Waals surface area contributed by atoms with Crippen LogP contribution in [-0.4, -0.2) is 22.9 Å². The Balaban J connectivity index is 1.50. The zero-order valence-corrected chi connectivity index (χ0v) is 20.3.